The third-order valence-electron chi connectivity index (χ3n) is 5.17. The van der Waals surface area contributed by atoms with Gasteiger partial charge in [0.2, 0.25) is 5.91 Å². The molecule has 2 N–H and O–H groups in total. The van der Waals surface area contributed by atoms with Crippen LogP contribution in [0.4, 0.5) is 26.3 Å². The number of aryl methyl sites for hydroxylation is 1. The van der Waals surface area contributed by atoms with Gasteiger partial charge in [-0.3, -0.25) is 18.9 Å². The van der Waals surface area contributed by atoms with Crippen molar-refractivity contribution in [2.24, 2.45) is 0 Å². The number of carbonyl (C=O) groups is 1. The van der Waals surface area contributed by atoms with Crippen molar-refractivity contribution < 1.29 is 31.1 Å². The van der Waals surface area contributed by atoms with Crippen molar-refractivity contribution in [2.75, 3.05) is 13.3 Å². The van der Waals surface area contributed by atoms with E-state index < -0.39 is 48.6 Å². The first-order chi connectivity index (χ1) is 16.1. The molecule has 0 heterocycles. The van der Waals surface area contributed by atoms with Crippen LogP contribution in [0.5, 0.6) is 0 Å². The minimum Gasteiger partial charge on any atom is -0.336 e. The van der Waals surface area contributed by atoms with Gasteiger partial charge in [0.05, 0.1) is 25.5 Å². The molecule has 10 heteroatoms. The maximum Gasteiger partial charge on any atom is 0.407 e. The average molecular weight is 485 g/mol. The van der Waals surface area contributed by atoms with Crippen LogP contribution in [0.25, 0.3) is 0 Å². The topological polar surface area (TPSA) is 64.9 Å². The van der Waals surface area contributed by atoms with Gasteiger partial charge in [-0.05, 0) is 36.1 Å². The normalized spacial score (nSPS) is 15.8. The lowest BCUT2D eigenvalue weighted by molar-refractivity contribution is -0.161. The predicted octanol–water partition coefficient (Wildman–Crippen LogP) is 5.12. The molecule has 1 amide bonds. The van der Waals surface area contributed by atoms with Gasteiger partial charge in [0.25, 0.3) is 0 Å². The van der Waals surface area contributed by atoms with Crippen molar-refractivity contribution in [3.8, 4) is 6.07 Å². The van der Waals surface area contributed by atoms with Crippen LogP contribution in [-0.4, -0.2) is 37.0 Å². The second-order valence-corrected chi connectivity index (χ2v) is 7.83. The van der Waals surface area contributed by atoms with E-state index in [-0.39, 0.29) is 12.2 Å². The fraction of sp³-hybridized carbons (Fsp3) is 0.417. The fourth-order valence-corrected chi connectivity index (χ4v) is 3.10. The maximum absolute atomic E-state index is 13.4. The molecule has 2 aromatic carbocycles. The zero-order valence-electron chi connectivity index (χ0n) is 18.2. The summed E-state index contributed by atoms with van der Waals surface area (Å²) in [5.41, 5.74) is -0.302. The summed E-state index contributed by atoms with van der Waals surface area (Å²) in [5.74, 6) is -1.57. The first-order valence-corrected chi connectivity index (χ1v) is 10.6. The van der Waals surface area contributed by atoms with Crippen molar-refractivity contribution in [1.29, 1.82) is 5.26 Å². The van der Waals surface area contributed by atoms with Gasteiger partial charge in [-0.25, -0.2) is 4.39 Å². The van der Waals surface area contributed by atoms with Gasteiger partial charge in [0.1, 0.15) is 17.4 Å². The zero-order chi connectivity index (χ0) is 25.2. The SMILES string of the molecule is FCCc1ccccc1.N#CC1(NC(=O)C(CCF)NC(c2ccc(F)cc2)C(F)(F)F)CC1. The fourth-order valence-electron chi connectivity index (χ4n) is 3.10. The van der Waals surface area contributed by atoms with Crippen molar-refractivity contribution >= 4 is 5.91 Å². The number of rotatable bonds is 9. The number of amides is 1. The monoisotopic (exact) mass is 485 g/mol. The molecule has 1 aliphatic carbocycles. The molecule has 0 aliphatic heterocycles. The van der Waals surface area contributed by atoms with Crippen molar-refractivity contribution in [2.45, 2.75) is 49.5 Å². The summed E-state index contributed by atoms with van der Waals surface area (Å²) in [4.78, 5) is 12.2. The third-order valence-corrected chi connectivity index (χ3v) is 5.17. The molecular weight excluding hydrogens is 460 g/mol. The quantitative estimate of drug-likeness (QED) is 0.485. The number of benzene rings is 2. The molecule has 0 spiro atoms. The Balaban J connectivity index is 0.000000379. The van der Waals surface area contributed by atoms with E-state index in [4.69, 9.17) is 5.26 Å². The maximum atomic E-state index is 13.4. The number of carbonyl (C=O) groups excluding carboxylic acids is 1. The summed E-state index contributed by atoms with van der Waals surface area (Å²) >= 11 is 0. The number of nitriles is 1. The summed E-state index contributed by atoms with van der Waals surface area (Å²) in [6.45, 7) is -1.28. The van der Waals surface area contributed by atoms with Crippen LogP contribution in [0.3, 0.4) is 0 Å². The molecule has 34 heavy (non-hydrogen) atoms. The van der Waals surface area contributed by atoms with Gasteiger partial charge >= 0.3 is 6.18 Å². The Morgan fingerprint density at radius 3 is 2.12 bits per heavy atom. The lowest BCUT2D eigenvalue weighted by Gasteiger charge is -2.27. The Labute approximate surface area is 194 Å². The van der Waals surface area contributed by atoms with Crippen LogP contribution < -0.4 is 10.6 Å². The van der Waals surface area contributed by atoms with E-state index in [1.807, 2.05) is 36.4 Å². The molecular formula is C24H25F6N3O. The van der Waals surface area contributed by atoms with Gasteiger partial charge in [0, 0.05) is 12.8 Å². The van der Waals surface area contributed by atoms with E-state index in [2.05, 4.69) is 10.6 Å². The van der Waals surface area contributed by atoms with Gasteiger partial charge in [-0.1, -0.05) is 42.5 Å². The Morgan fingerprint density at radius 1 is 1.03 bits per heavy atom. The Kier molecular flexibility index (Phi) is 9.93. The lowest BCUT2D eigenvalue weighted by atomic mass is 10.0. The highest BCUT2D eigenvalue weighted by atomic mass is 19.4. The van der Waals surface area contributed by atoms with Crippen LogP contribution in [0.15, 0.2) is 54.6 Å². The Morgan fingerprint density at radius 2 is 1.65 bits per heavy atom. The second-order valence-electron chi connectivity index (χ2n) is 7.83. The number of hydrogen-bond acceptors (Lipinski definition) is 3. The summed E-state index contributed by atoms with van der Waals surface area (Å²) in [6, 6.07) is 11.4. The van der Waals surface area contributed by atoms with Crippen molar-refractivity contribution in [3.05, 3.63) is 71.5 Å². The summed E-state index contributed by atoms with van der Waals surface area (Å²) < 4.78 is 77.4. The number of alkyl halides is 5. The Bertz CT molecular complexity index is 940. The van der Waals surface area contributed by atoms with Crippen molar-refractivity contribution in [3.63, 3.8) is 0 Å². The highest BCUT2D eigenvalue weighted by Crippen LogP contribution is 2.35. The first-order valence-electron chi connectivity index (χ1n) is 10.6. The molecule has 0 bridgehead atoms. The van der Waals surface area contributed by atoms with Crippen LogP contribution in [-0.2, 0) is 11.2 Å². The highest BCUT2D eigenvalue weighted by molar-refractivity contribution is 5.83. The summed E-state index contributed by atoms with van der Waals surface area (Å²) in [7, 11) is 0. The van der Waals surface area contributed by atoms with Crippen molar-refractivity contribution in [1.82, 2.24) is 10.6 Å². The molecule has 1 saturated carbocycles. The minimum atomic E-state index is -4.78. The van der Waals surface area contributed by atoms with E-state index >= 15 is 0 Å². The second kappa shape index (κ2) is 12.4. The summed E-state index contributed by atoms with van der Waals surface area (Å²) in [5, 5.41) is 13.4. The van der Waals surface area contributed by atoms with Gasteiger partial charge < -0.3 is 5.32 Å². The third kappa shape index (κ3) is 8.37. The molecule has 2 unspecified atom stereocenters. The van der Waals surface area contributed by atoms with E-state index in [1.165, 1.54) is 0 Å². The molecule has 2 aromatic rings. The van der Waals surface area contributed by atoms with Crippen LogP contribution >= 0.6 is 0 Å². The van der Waals surface area contributed by atoms with Gasteiger partial charge in [-0.2, -0.15) is 18.4 Å². The smallest absolute Gasteiger partial charge is 0.336 e. The molecule has 184 valence electrons. The van der Waals surface area contributed by atoms with E-state index in [0.29, 0.717) is 19.3 Å². The molecule has 0 aromatic heterocycles. The largest absolute Gasteiger partial charge is 0.407 e. The summed E-state index contributed by atoms with van der Waals surface area (Å²) in [6.07, 6.45) is -3.92. The standard InChI is InChI=1S/C16H16F5N3O.C8H9F/c17-8-5-12(14(25)24-15(9-22)6-7-15)23-13(16(19,20)21)10-1-3-11(18)4-2-10;9-7-6-8-4-2-1-3-5-8/h1-4,12-13,23H,5-8H2,(H,24,25);1-5H,6-7H2. The number of nitrogens with one attached hydrogen (secondary N) is 2. The van der Waals surface area contributed by atoms with Crippen LogP contribution in [0, 0.1) is 17.1 Å². The molecule has 1 aliphatic rings. The zero-order valence-corrected chi connectivity index (χ0v) is 18.2. The number of nitrogens with zero attached hydrogens (tertiary/aromatic N) is 1. The molecule has 4 nitrogen and oxygen atoms in total. The van der Waals surface area contributed by atoms with Crippen LogP contribution in [0.1, 0.15) is 36.4 Å². The Hall–Kier alpha value is -3.06. The lowest BCUT2D eigenvalue weighted by Crippen LogP contribution is -2.51. The molecule has 0 saturated heterocycles. The van der Waals surface area contributed by atoms with Crippen LogP contribution in [0.2, 0.25) is 0 Å². The molecule has 2 atom stereocenters. The van der Waals surface area contributed by atoms with E-state index in [1.54, 1.807) is 0 Å². The van der Waals surface area contributed by atoms with E-state index in [0.717, 1.165) is 29.8 Å². The minimum absolute atomic E-state index is 0.260. The first kappa shape index (κ1) is 27.2. The van der Waals surface area contributed by atoms with E-state index in [9.17, 15) is 31.1 Å². The average Bonchev–Trinajstić information content (AvgIpc) is 3.58. The molecule has 0 radical (unpaired) electrons. The van der Waals surface area contributed by atoms with Gasteiger partial charge in [0.15, 0.2) is 0 Å². The van der Waals surface area contributed by atoms with Gasteiger partial charge in [-0.15, -0.1) is 0 Å². The predicted molar refractivity (Wildman–Crippen MR) is 115 cm³/mol. The number of halogens is 6. The molecule has 1 fully saturated rings. The number of hydrogen-bond donors (Lipinski definition) is 2. The highest BCUT2D eigenvalue weighted by Gasteiger charge is 2.47. The molecule has 3 rings (SSSR count).